The van der Waals surface area contributed by atoms with Gasteiger partial charge in [-0.25, -0.2) is 0 Å². The molecule has 176 valence electrons. The summed E-state index contributed by atoms with van der Waals surface area (Å²) in [6, 6.07) is 20.1. The third-order valence-corrected chi connectivity index (χ3v) is 4.67. The van der Waals surface area contributed by atoms with Gasteiger partial charge in [0, 0.05) is 11.5 Å². The number of halogens is 3. The molecular formula is C24H20F3N3O4. The maximum atomic E-state index is 12.4. The minimum Gasteiger partial charge on any atom is -0.489 e. The Balaban J connectivity index is 1.32. The van der Waals surface area contributed by atoms with Crippen molar-refractivity contribution in [3.05, 3.63) is 83.9 Å². The van der Waals surface area contributed by atoms with Gasteiger partial charge in [-0.15, -0.1) is 13.2 Å². The van der Waals surface area contributed by atoms with Gasteiger partial charge in [-0.2, -0.15) is 5.10 Å². The highest BCUT2D eigenvalue weighted by Crippen LogP contribution is 2.27. The molecule has 0 bridgehead atoms. The van der Waals surface area contributed by atoms with Crippen molar-refractivity contribution >= 4 is 22.6 Å². The number of nitrogens with zero attached hydrogens (tertiary/aromatic N) is 1. The van der Waals surface area contributed by atoms with Gasteiger partial charge in [-0.1, -0.05) is 42.5 Å². The van der Waals surface area contributed by atoms with Crippen molar-refractivity contribution in [3.8, 4) is 11.5 Å². The Hall–Kier alpha value is -4.05. The molecule has 34 heavy (non-hydrogen) atoms. The third kappa shape index (κ3) is 6.48. The molecule has 0 saturated carbocycles. The third-order valence-electron chi connectivity index (χ3n) is 4.67. The van der Waals surface area contributed by atoms with Gasteiger partial charge in [0.15, 0.2) is 5.82 Å². The van der Waals surface area contributed by atoms with Crippen LogP contribution in [0.1, 0.15) is 11.1 Å². The SMILES string of the molecule is O=C(COCc1ccccc1)Nc1n[nH]c2cc(OCc3cccc(OC(F)(F)F)c3)ccc12. The molecule has 2 N–H and O–H groups in total. The van der Waals surface area contributed by atoms with Crippen LogP contribution in [0.4, 0.5) is 19.0 Å². The van der Waals surface area contributed by atoms with Crippen LogP contribution in [-0.4, -0.2) is 29.1 Å². The van der Waals surface area contributed by atoms with Gasteiger partial charge >= 0.3 is 6.36 Å². The number of fused-ring (bicyclic) bond motifs is 1. The van der Waals surface area contributed by atoms with Crippen molar-refractivity contribution in [2.24, 2.45) is 0 Å². The maximum absolute atomic E-state index is 12.4. The molecule has 0 fully saturated rings. The van der Waals surface area contributed by atoms with Crippen molar-refractivity contribution in [2.75, 3.05) is 11.9 Å². The average molecular weight is 471 g/mol. The van der Waals surface area contributed by atoms with E-state index >= 15 is 0 Å². The molecule has 0 aliphatic carbocycles. The Morgan fingerprint density at radius 3 is 2.50 bits per heavy atom. The fourth-order valence-corrected chi connectivity index (χ4v) is 3.19. The van der Waals surface area contributed by atoms with Crippen molar-refractivity contribution in [2.45, 2.75) is 19.6 Å². The van der Waals surface area contributed by atoms with Gasteiger partial charge in [0.2, 0.25) is 0 Å². The molecule has 3 aromatic carbocycles. The summed E-state index contributed by atoms with van der Waals surface area (Å²) in [6.45, 7) is 0.236. The molecule has 0 atom stereocenters. The Bertz CT molecular complexity index is 1260. The summed E-state index contributed by atoms with van der Waals surface area (Å²) in [5, 5.41) is 10.3. The molecule has 0 radical (unpaired) electrons. The number of benzene rings is 3. The number of ether oxygens (including phenoxy) is 3. The smallest absolute Gasteiger partial charge is 0.489 e. The van der Waals surface area contributed by atoms with E-state index in [9.17, 15) is 18.0 Å². The summed E-state index contributed by atoms with van der Waals surface area (Å²) in [6.07, 6.45) is -4.76. The summed E-state index contributed by atoms with van der Waals surface area (Å²) in [5.74, 6) is 0.172. The first-order valence-electron chi connectivity index (χ1n) is 10.2. The fourth-order valence-electron chi connectivity index (χ4n) is 3.19. The van der Waals surface area contributed by atoms with Crippen molar-refractivity contribution in [1.29, 1.82) is 0 Å². The fraction of sp³-hybridized carbons (Fsp3) is 0.167. The molecule has 0 unspecified atom stereocenters. The zero-order chi connectivity index (χ0) is 24.0. The summed E-state index contributed by atoms with van der Waals surface area (Å²) in [7, 11) is 0. The summed E-state index contributed by atoms with van der Waals surface area (Å²) in [5.41, 5.74) is 2.09. The number of hydrogen-bond acceptors (Lipinski definition) is 5. The topological polar surface area (TPSA) is 85.5 Å². The number of aromatic nitrogens is 2. The van der Waals surface area contributed by atoms with Crippen LogP contribution in [0.15, 0.2) is 72.8 Å². The van der Waals surface area contributed by atoms with E-state index in [1.54, 1.807) is 24.3 Å². The lowest BCUT2D eigenvalue weighted by molar-refractivity contribution is -0.274. The van der Waals surface area contributed by atoms with E-state index in [4.69, 9.17) is 9.47 Å². The number of alkyl halides is 3. The summed E-state index contributed by atoms with van der Waals surface area (Å²) in [4.78, 5) is 12.2. The second kappa shape index (κ2) is 10.3. The number of amides is 1. The van der Waals surface area contributed by atoms with Crippen LogP contribution >= 0.6 is 0 Å². The summed E-state index contributed by atoms with van der Waals surface area (Å²) >= 11 is 0. The van der Waals surface area contributed by atoms with Crippen LogP contribution in [0.25, 0.3) is 10.9 Å². The zero-order valence-corrected chi connectivity index (χ0v) is 17.8. The van der Waals surface area contributed by atoms with Gasteiger partial charge in [0.1, 0.15) is 24.7 Å². The van der Waals surface area contributed by atoms with Crippen molar-refractivity contribution < 1.29 is 32.2 Å². The largest absolute Gasteiger partial charge is 0.573 e. The van der Waals surface area contributed by atoms with Gasteiger partial charge in [-0.3, -0.25) is 9.89 Å². The van der Waals surface area contributed by atoms with Gasteiger partial charge in [0.05, 0.1) is 12.1 Å². The van der Waals surface area contributed by atoms with E-state index in [1.807, 2.05) is 30.3 Å². The first-order chi connectivity index (χ1) is 16.4. The number of hydrogen-bond donors (Lipinski definition) is 2. The number of rotatable bonds is 9. The summed E-state index contributed by atoms with van der Waals surface area (Å²) < 4.78 is 52.2. The van der Waals surface area contributed by atoms with Crippen LogP contribution in [-0.2, 0) is 22.7 Å². The minimum absolute atomic E-state index is 0.0387. The van der Waals surface area contributed by atoms with Crippen LogP contribution in [0.3, 0.4) is 0 Å². The first-order valence-corrected chi connectivity index (χ1v) is 10.2. The molecule has 1 heterocycles. The number of anilines is 1. The predicted molar refractivity (Wildman–Crippen MR) is 118 cm³/mol. The molecule has 10 heteroatoms. The Kier molecular flexibility index (Phi) is 6.98. The van der Waals surface area contributed by atoms with Crippen LogP contribution < -0.4 is 14.8 Å². The van der Waals surface area contributed by atoms with E-state index in [0.717, 1.165) is 5.56 Å². The Labute approximate surface area is 192 Å². The molecule has 1 aromatic heterocycles. The Morgan fingerprint density at radius 1 is 0.912 bits per heavy atom. The maximum Gasteiger partial charge on any atom is 0.573 e. The minimum atomic E-state index is -4.76. The lowest BCUT2D eigenvalue weighted by Crippen LogP contribution is -2.18. The number of H-pyrrole nitrogens is 1. The molecule has 0 spiro atoms. The highest BCUT2D eigenvalue weighted by Gasteiger charge is 2.31. The zero-order valence-electron chi connectivity index (χ0n) is 17.8. The number of aromatic amines is 1. The van der Waals surface area contributed by atoms with Gasteiger partial charge < -0.3 is 19.5 Å². The second-order valence-electron chi connectivity index (χ2n) is 7.29. The number of carbonyl (C=O) groups excluding carboxylic acids is 1. The number of nitrogens with one attached hydrogen (secondary N) is 2. The molecule has 0 saturated heterocycles. The monoisotopic (exact) mass is 471 g/mol. The lowest BCUT2D eigenvalue weighted by Gasteiger charge is -2.11. The number of carbonyl (C=O) groups is 1. The predicted octanol–water partition coefficient (Wildman–Crippen LogP) is 5.20. The van der Waals surface area contributed by atoms with Gasteiger partial charge in [0.25, 0.3) is 5.91 Å². The molecule has 4 rings (SSSR count). The van der Waals surface area contributed by atoms with Crippen molar-refractivity contribution in [1.82, 2.24) is 10.2 Å². The molecular weight excluding hydrogens is 451 g/mol. The highest BCUT2D eigenvalue weighted by atomic mass is 19.4. The molecule has 4 aromatic rings. The van der Waals surface area contributed by atoms with E-state index in [0.29, 0.717) is 34.6 Å². The molecule has 0 aliphatic heterocycles. The molecule has 1 amide bonds. The quantitative estimate of drug-likeness (QED) is 0.351. The lowest BCUT2D eigenvalue weighted by atomic mass is 10.2. The van der Waals surface area contributed by atoms with E-state index in [-0.39, 0.29) is 24.9 Å². The average Bonchev–Trinajstić information content (AvgIpc) is 3.19. The van der Waals surface area contributed by atoms with Crippen LogP contribution in [0, 0.1) is 0 Å². The standard InChI is InChI=1S/C24H20F3N3O4/c25-24(26,27)34-19-8-4-7-17(11-19)14-33-18-9-10-20-21(12-18)29-30-23(20)28-22(31)15-32-13-16-5-2-1-3-6-16/h1-12H,13-15H2,(H2,28,29,30,31). The van der Waals surface area contributed by atoms with E-state index in [1.165, 1.54) is 18.2 Å². The van der Waals surface area contributed by atoms with Crippen LogP contribution in [0.2, 0.25) is 0 Å². The van der Waals surface area contributed by atoms with Gasteiger partial charge in [-0.05, 0) is 35.4 Å². The van der Waals surface area contributed by atoms with Crippen LogP contribution in [0.5, 0.6) is 11.5 Å². The van der Waals surface area contributed by atoms with E-state index in [2.05, 4.69) is 20.3 Å². The first kappa shape index (κ1) is 23.1. The normalized spacial score (nSPS) is 11.4. The Morgan fingerprint density at radius 2 is 1.71 bits per heavy atom. The molecule has 7 nitrogen and oxygen atoms in total. The van der Waals surface area contributed by atoms with E-state index < -0.39 is 6.36 Å². The highest BCUT2D eigenvalue weighted by molar-refractivity contribution is 6.00. The molecule has 0 aliphatic rings. The second-order valence-corrected chi connectivity index (χ2v) is 7.29. The van der Waals surface area contributed by atoms with Crippen molar-refractivity contribution in [3.63, 3.8) is 0 Å².